The van der Waals surface area contributed by atoms with Crippen LogP contribution in [0.2, 0.25) is 18.1 Å². The molecule has 0 saturated carbocycles. The van der Waals surface area contributed by atoms with E-state index in [1.807, 2.05) is 43.3 Å². The van der Waals surface area contributed by atoms with Crippen molar-refractivity contribution in [3.8, 4) is 0 Å². The standard InChI is InChI=1S/C27H36NO4PSSi/c1-22-17-19-25(20-18-22)34(30,31)26(21-32-35(5,6)27(2,3)4)28-33(29,23-13-9-7-10-14-23)24-15-11-8-12-16-24/h7-20,26H,21H2,1-6H3,(H,28,29). The van der Waals surface area contributed by atoms with Crippen LogP contribution in [0.15, 0.2) is 89.8 Å². The van der Waals surface area contributed by atoms with E-state index < -0.39 is 30.8 Å². The van der Waals surface area contributed by atoms with Gasteiger partial charge in [0.25, 0.3) is 0 Å². The molecule has 5 nitrogen and oxygen atoms in total. The molecule has 0 spiro atoms. The van der Waals surface area contributed by atoms with Crippen LogP contribution in [-0.4, -0.2) is 28.7 Å². The highest BCUT2D eigenvalue weighted by Gasteiger charge is 2.41. The lowest BCUT2D eigenvalue weighted by atomic mass is 10.2. The van der Waals surface area contributed by atoms with Crippen LogP contribution in [0.5, 0.6) is 0 Å². The van der Waals surface area contributed by atoms with E-state index in [4.69, 9.17) is 4.43 Å². The molecule has 1 atom stereocenters. The number of nitrogens with one attached hydrogen (secondary N) is 1. The Morgan fingerprint density at radius 3 is 1.74 bits per heavy atom. The van der Waals surface area contributed by atoms with E-state index in [1.165, 1.54) is 0 Å². The summed E-state index contributed by atoms with van der Waals surface area (Å²) >= 11 is 0. The summed E-state index contributed by atoms with van der Waals surface area (Å²) in [4.78, 5) is 0.173. The molecule has 8 heteroatoms. The molecule has 1 N–H and O–H groups in total. The zero-order chi connectivity index (χ0) is 25.9. The van der Waals surface area contributed by atoms with Crippen molar-refractivity contribution >= 4 is 36.1 Å². The predicted molar refractivity (Wildman–Crippen MR) is 148 cm³/mol. The van der Waals surface area contributed by atoms with Crippen LogP contribution >= 0.6 is 7.29 Å². The third-order valence-electron chi connectivity index (χ3n) is 6.69. The molecule has 0 heterocycles. The second kappa shape index (κ2) is 10.5. The quantitative estimate of drug-likeness (QED) is 0.287. The van der Waals surface area contributed by atoms with E-state index >= 15 is 0 Å². The fourth-order valence-electron chi connectivity index (χ4n) is 3.37. The molecule has 3 aromatic carbocycles. The monoisotopic (exact) mass is 529 g/mol. The summed E-state index contributed by atoms with van der Waals surface area (Å²) in [6.45, 7) is 12.3. The van der Waals surface area contributed by atoms with Gasteiger partial charge in [0, 0.05) is 10.6 Å². The van der Waals surface area contributed by atoms with Crippen molar-refractivity contribution in [2.75, 3.05) is 6.61 Å². The van der Waals surface area contributed by atoms with Gasteiger partial charge in [-0.1, -0.05) is 74.9 Å². The zero-order valence-corrected chi connectivity index (χ0v) is 24.1. The molecule has 0 aliphatic heterocycles. The van der Waals surface area contributed by atoms with E-state index in [1.54, 1.807) is 48.5 Å². The Balaban J connectivity index is 2.11. The fraction of sp³-hybridized carbons (Fsp3) is 0.333. The molecular weight excluding hydrogens is 493 g/mol. The van der Waals surface area contributed by atoms with Crippen LogP contribution in [0.4, 0.5) is 0 Å². The van der Waals surface area contributed by atoms with Crippen LogP contribution in [0.1, 0.15) is 26.3 Å². The summed E-state index contributed by atoms with van der Waals surface area (Å²) < 4.78 is 48.8. The average Bonchev–Trinajstić information content (AvgIpc) is 2.82. The minimum atomic E-state index is -3.92. The van der Waals surface area contributed by atoms with E-state index in [9.17, 15) is 13.0 Å². The minimum absolute atomic E-state index is 0.101. The Kier molecular flexibility index (Phi) is 8.29. The van der Waals surface area contributed by atoms with Gasteiger partial charge >= 0.3 is 0 Å². The van der Waals surface area contributed by atoms with Crippen molar-refractivity contribution in [2.45, 2.75) is 56.1 Å². The van der Waals surface area contributed by atoms with Gasteiger partial charge in [-0.3, -0.25) is 4.57 Å². The summed E-state index contributed by atoms with van der Waals surface area (Å²) in [6.07, 6.45) is 0. The first-order chi connectivity index (χ1) is 16.3. The van der Waals surface area contributed by atoms with Gasteiger partial charge in [0.1, 0.15) is 5.37 Å². The van der Waals surface area contributed by atoms with Crippen LogP contribution in [-0.2, 0) is 18.8 Å². The maximum atomic E-state index is 14.7. The molecule has 1 unspecified atom stereocenters. The van der Waals surface area contributed by atoms with Crippen molar-refractivity contribution in [1.29, 1.82) is 0 Å². The van der Waals surface area contributed by atoms with Crippen LogP contribution in [0, 0.1) is 6.92 Å². The summed E-state index contributed by atoms with van der Waals surface area (Å²) in [6, 6.07) is 24.7. The lowest BCUT2D eigenvalue weighted by Gasteiger charge is -2.37. The Morgan fingerprint density at radius 1 is 0.857 bits per heavy atom. The van der Waals surface area contributed by atoms with E-state index in [2.05, 4.69) is 39.0 Å². The van der Waals surface area contributed by atoms with Crippen molar-refractivity contribution < 1.29 is 17.4 Å². The molecule has 0 saturated heterocycles. The maximum absolute atomic E-state index is 14.7. The molecule has 188 valence electrons. The fourth-order valence-corrected chi connectivity index (χ4v) is 8.85. The molecule has 0 fully saturated rings. The molecule has 0 aromatic heterocycles. The smallest absolute Gasteiger partial charge is 0.205 e. The third-order valence-corrected chi connectivity index (χ3v) is 16.0. The maximum Gasteiger partial charge on any atom is 0.205 e. The van der Waals surface area contributed by atoms with Crippen molar-refractivity contribution in [3.05, 3.63) is 90.5 Å². The second-order valence-corrected chi connectivity index (χ2v) is 19.8. The highest BCUT2D eigenvalue weighted by atomic mass is 32.2. The van der Waals surface area contributed by atoms with E-state index in [0.29, 0.717) is 10.6 Å². The third kappa shape index (κ3) is 6.22. The molecule has 0 radical (unpaired) electrons. The van der Waals surface area contributed by atoms with Gasteiger partial charge in [0.15, 0.2) is 18.2 Å². The highest BCUT2D eigenvalue weighted by molar-refractivity contribution is 7.92. The molecule has 3 aromatic rings. The van der Waals surface area contributed by atoms with Gasteiger partial charge in [-0.15, -0.1) is 0 Å². The van der Waals surface area contributed by atoms with Gasteiger partial charge in [0.2, 0.25) is 7.29 Å². The normalized spacial score (nSPS) is 14.0. The first kappa shape index (κ1) is 27.6. The van der Waals surface area contributed by atoms with E-state index in [-0.39, 0.29) is 16.5 Å². The van der Waals surface area contributed by atoms with Crippen LogP contribution in [0.25, 0.3) is 0 Å². The van der Waals surface area contributed by atoms with Gasteiger partial charge in [0.05, 0.1) is 11.5 Å². The topological polar surface area (TPSA) is 72.5 Å². The van der Waals surface area contributed by atoms with Gasteiger partial charge in [-0.05, 0) is 61.5 Å². The van der Waals surface area contributed by atoms with E-state index in [0.717, 1.165) is 5.56 Å². The Labute approximate surface area is 211 Å². The van der Waals surface area contributed by atoms with Crippen LogP contribution < -0.4 is 15.7 Å². The average molecular weight is 530 g/mol. The molecule has 0 amide bonds. The Bertz CT molecular complexity index is 1230. The van der Waals surface area contributed by atoms with Crippen LogP contribution in [0.3, 0.4) is 0 Å². The SMILES string of the molecule is Cc1ccc(S(=O)(=O)C(CO[Si](C)(C)C(C)(C)C)NP(=O)(c2ccccc2)c2ccccc2)cc1. The predicted octanol–water partition coefficient (Wildman–Crippen LogP) is 5.64. The summed E-state index contributed by atoms with van der Waals surface area (Å²) in [7, 11) is -9.73. The summed E-state index contributed by atoms with van der Waals surface area (Å²) in [5.74, 6) is 0. The zero-order valence-electron chi connectivity index (χ0n) is 21.4. The number of hydrogen-bond acceptors (Lipinski definition) is 4. The molecular formula is C27H36NO4PSSi. The van der Waals surface area contributed by atoms with Crippen molar-refractivity contribution in [1.82, 2.24) is 5.09 Å². The number of sulfone groups is 1. The van der Waals surface area contributed by atoms with Crippen molar-refractivity contribution in [3.63, 3.8) is 0 Å². The highest BCUT2D eigenvalue weighted by Crippen LogP contribution is 2.41. The number of aryl methyl sites for hydroxylation is 1. The lowest BCUT2D eigenvalue weighted by molar-refractivity contribution is 0.280. The molecule has 0 aliphatic rings. The summed E-state index contributed by atoms with van der Waals surface area (Å²) in [5.41, 5.74) is 0.963. The molecule has 0 aliphatic carbocycles. The first-order valence-electron chi connectivity index (χ1n) is 11.7. The first-order valence-corrected chi connectivity index (χ1v) is 17.9. The Morgan fingerprint density at radius 2 is 1.31 bits per heavy atom. The molecule has 3 rings (SSSR count). The number of benzene rings is 3. The van der Waals surface area contributed by atoms with Crippen molar-refractivity contribution in [2.24, 2.45) is 0 Å². The molecule has 0 bridgehead atoms. The Hall–Kier alpha value is -2.02. The number of hydrogen-bond donors (Lipinski definition) is 1. The number of rotatable bonds is 9. The summed E-state index contributed by atoms with van der Waals surface area (Å²) in [5, 5.41) is 2.89. The van der Waals surface area contributed by atoms with Gasteiger partial charge < -0.3 is 4.43 Å². The lowest BCUT2D eigenvalue weighted by Crippen LogP contribution is -2.48. The molecule has 35 heavy (non-hydrogen) atoms. The van der Waals surface area contributed by atoms with Gasteiger partial charge in [-0.25, -0.2) is 13.5 Å². The van der Waals surface area contributed by atoms with Gasteiger partial charge in [-0.2, -0.15) is 0 Å². The second-order valence-electron chi connectivity index (χ2n) is 10.3. The largest absolute Gasteiger partial charge is 0.414 e. The minimum Gasteiger partial charge on any atom is -0.414 e.